The molecule has 4 aliphatic rings. The number of benzene rings is 2. The van der Waals surface area contributed by atoms with Crippen molar-refractivity contribution >= 4 is 11.8 Å². The van der Waals surface area contributed by atoms with Crippen LogP contribution in [0.4, 0.5) is 0 Å². The first-order valence-electron chi connectivity index (χ1n) is 12.3. The predicted molar refractivity (Wildman–Crippen MR) is 130 cm³/mol. The van der Waals surface area contributed by atoms with Crippen LogP contribution in [0.5, 0.6) is 11.5 Å². The zero-order chi connectivity index (χ0) is 23.7. The minimum absolute atomic E-state index is 0.128. The summed E-state index contributed by atoms with van der Waals surface area (Å²) in [4.78, 5) is 25.8. The molecule has 0 heterocycles. The highest BCUT2D eigenvalue weighted by Crippen LogP contribution is 2.60. The lowest BCUT2D eigenvalue weighted by molar-refractivity contribution is -0.146. The normalized spacial score (nSPS) is 26.7. The number of rotatable bonds is 8. The van der Waals surface area contributed by atoms with E-state index in [2.05, 4.69) is 10.6 Å². The van der Waals surface area contributed by atoms with Gasteiger partial charge in [-0.3, -0.25) is 9.59 Å². The number of amides is 2. The summed E-state index contributed by atoms with van der Waals surface area (Å²) in [5, 5.41) is 6.15. The second-order valence-corrected chi connectivity index (χ2v) is 10.4. The van der Waals surface area contributed by atoms with Crippen LogP contribution in [0.3, 0.4) is 0 Å². The van der Waals surface area contributed by atoms with E-state index < -0.39 is 0 Å². The van der Waals surface area contributed by atoms with Gasteiger partial charge in [-0.15, -0.1) is 0 Å². The highest BCUT2D eigenvalue weighted by atomic mass is 16.5. The van der Waals surface area contributed by atoms with Gasteiger partial charge in [0.05, 0.1) is 14.2 Å². The van der Waals surface area contributed by atoms with Crippen LogP contribution in [0.2, 0.25) is 0 Å². The SMILES string of the molecule is COc1ccc(CNC(=O)c2ccc(CNC(=O)C34CC5CC(CC(C5)C3)C4)cc2)c(OC)c1. The summed E-state index contributed by atoms with van der Waals surface area (Å²) in [5.41, 5.74) is 2.34. The molecule has 6 nitrogen and oxygen atoms in total. The average molecular weight is 463 g/mol. The van der Waals surface area contributed by atoms with Gasteiger partial charge in [-0.05, 0) is 86.1 Å². The van der Waals surface area contributed by atoms with Gasteiger partial charge in [0.15, 0.2) is 0 Å². The molecule has 2 aromatic carbocycles. The molecule has 180 valence electrons. The summed E-state index contributed by atoms with van der Waals surface area (Å²) in [6, 6.07) is 13.0. The molecule has 0 atom stereocenters. The van der Waals surface area contributed by atoms with Gasteiger partial charge in [-0.2, -0.15) is 0 Å². The van der Waals surface area contributed by atoms with Gasteiger partial charge in [0.25, 0.3) is 5.91 Å². The van der Waals surface area contributed by atoms with Gasteiger partial charge in [0, 0.05) is 35.7 Å². The molecule has 4 saturated carbocycles. The number of hydrogen-bond acceptors (Lipinski definition) is 4. The van der Waals surface area contributed by atoms with Crippen LogP contribution in [0.25, 0.3) is 0 Å². The molecule has 6 heteroatoms. The average Bonchev–Trinajstić information content (AvgIpc) is 2.85. The standard InChI is InChI=1S/C28H34N2O4/c1-33-24-8-7-23(25(12-24)34-2)17-29-26(31)22-5-3-18(4-6-22)16-30-27(32)28-13-19-9-20(14-28)11-21(10-19)15-28/h3-8,12,19-21H,9-11,13-17H2,1-2H3,(H,29,31)(H,30,32). The maximum atomic E-state index is 13.2. The molecule has 0 spiro atoms. The van der Waals surface area contributed by atoms with Gasteiger partial charge in [0.1, 0.15) is 11.5 Å². The second kappa shape index (κ2) is 9.32. The lowest BCUT2D eigenvalue weighted by Crippen LogP contribution is -2.53. The fourth-order valence-corrected chi connectivity index (χ4v) is 6.81. The molecule has 0 radical (unpaired) electrons. The van der Waals surface area contributed by atoms with Crippen molar-refractivity contribution in [3.63, 3.8) is 0 Å². The summed E-state index contributed by atoms with van der Waals surface area (Å²) in [6.07, 6.45) is 7.22. The van der Waals surface area contributed by atoms with Gasteiger partial charge in [-0.25, -0.2) is 0 Å². The summed E-state index contributed by atoms with van der Waals surface area (Å²) < 4.78 is 10.6. The van der Waals surface area contributed by atoms with Crippen LogP contribution >= 0.6 is 0 Å². The van der Waals surface area contributed by atoms with Gasteiger partial charge >= 0.3 is 0 Å². The lowest BCUT2D eigenvalue weighted by atomic mass is 9.49. The number of carbonyl (C=O) groups is 2. The van der Waals surface area contributed by atoms with Gasteiger partial charge in [-0.1, -0.05) is 12.1 Å². The fraction of sp³-hybridized carbons (Fsp3) is 0.500. The van der Waals surface area contributed by atoms with Crippen LogP contribution in [-0.2, 0) is 17.9 Å². The van der Waals surface area contributed by atoms with Gasteiger partial charge in [0.2, 0.25) is 5.91 Å². The molecule has 4 aliphatic carbocycles. The Morgan fingerprint density at radius 1 is 0.853 bits per heavy atom. The first-order valence-corrected chi connectivity index (χ1v) is 12.3. The summed E-state index contributed by atoms with van der Waals surface area (Å²) in [7, 11) is 3.20. The molecule has 0 saturated heterocycles. The topological polar surface area (TPSA) is 76.7 Å². The first kappa shape index (κ1) is 22.8. The van der Waals surface area contributed by atoms with Crippen molar-refractivity contribution in [2.75, 3.05) is 14.2 Å². The van der Waals surface area contributed by atoms with Crippen molar-refractivity contribution in [2.24, 2.45) is 23.2 Å². The molecule has 6 rings (SSSR count). The van der Waals surface area contributed by atoms with Crippen LogP contribution < -0.4 is 20.1 Å². The smallest absolute Gasteiger partial charge is 0.251 e. The van der Waals surface area contributed by atoms with E-state index >= 15 is 0 Å². The largest absolute Gasteiger partial charge is 0.497 e. The van der Waals surface area contributed by atoms with Crippen LogP contribution in [0, 0.1) is 23.2 Å². The van der Waals surface area contributed by atoms with E-state index in [-0.39, 0.29) is 17.2 Å². The molecule has 0 unspecified atom stereocenters. The van der Waals surface area contributed by atoms with E-state index in [1.807, 2.05) is 36.4 Å². The van der Waals surface area contributed by atoms with Crippen molar-refractivity contribution in [3.05, 3.63) is 59.2 Å². The Hall–Kier alpha value is -3.02. The molecule has 4 fully saturated rings. The molecule has 2 N–H and O–H groups in total. The first-order chi connectivity index (χ1) is 16.5. The van der Waals surface area contributed by atoms with Crippen molar-refractivity contribution in [3.8, 4) is 11.5 Å². The molecule has 0 aromatic heterocycles. The van der Waals surface area contributed by atoms with E-state index in [1.165, 1.54) is 19.3 Å². The van der Waals surface area contributed by atoms with Crippen molar-refractivity contribution in [1.29, 1.82) is 0 Å². The molecule has 4 bridgehead atoms. The highest BCUT2D eigenvalue weighted by Gasteiger charge is 2.54. The number of carbonyl (C=O) groups excluding carboxylic acids is 2. The zero-order valence-electron chi connectivity index (χ0n) is 20.1. The molecular formula is C28H34N2O4. The zero-order valence-corrected chi connectivity index (χ0v) is 20.1. The minimum Gasteiger partial charge on any atom is -0.497 e. The Labute approximate surface area is 201 Å². The van der Waals surface area contributed by atoms with E-state index in [0.717, 1.165) is 48.1 Å². The van der Waals surface area contributed by atoms with Gasteiger partial charge < -0.3 is 20.1 Å². The van der Waals surface area contributed by atoms with E-state index in [1.54, 1.807) is 20.3 Å². The molecule has 34 heavy (non-hydrogen) atoms. The van der Waals surface area contributed by atoms with Crippen molar-refractivity contribution < 1.29 is 19.1 Å². The molecule has 2 aromatic rings. The Bertz CT molecular complexity index is 1030. The Balaban J connectivity index is 1.14. The van der Waals surface area contributed by atoms with E-state index in [4.69, 9.17) is 9.47 Å². The Morgan fingerprint density at radius 3 is 2.09 bits per heavy atom. The Kier molecular flexibility index (Phi) is 6.24. The molecular weight excluding hydrogens is 428 g/mol. The van der Waals surface area contributed by atoms with E-state index in [9.17, 15) is 9.59 Å². The number of nitrogens with one attached hydrogen (secondary N) is 2. The quantitative estimate of drug-likeness (QED) is 0.607. The second-order valence-electron chi connectivity index (χ2n) is 10.4. The van der Waals surface area contributed by atoms with Crippen LogP contribution in [0.15, 0.2) is 42.5 Å². The monoisotopic (exact) mass is 462 g/mol. The van der Waals surface area contributed by atoms with E-state index in [0.29, 0.717) is 30.2 Å². The minimum atomic E-state index is -0.151. The lowest BCUT2D eigenvalue weighted by Gasteiger charge is -2.55. The molecule has 2 amide bonds. The third kappa shape index (κ3) is 4.50. The predicted octanol–water partition coefficient (Wildman–Crippen LogP) is 4.47. The maximum Gasteiger partial charge on any atom is 0.251 e. The third-order valence-corrected chi connectivity index (χ3v) is 8.12. The summed E-state index contributed by atoms with van der Waals surface area (Å²) in [5.74, 6) is 3.74. The highest BCUT2D eigenvalue weighted by molar-refractivity contribution is 5.94. The number of ether oxygens (including phenoxy) is 2. The Morgan fingerprint density at radius 2 is 1.50 bits per heavy atom. The fourth-order valence-electron chi connectivity index (χ4n) is 6.81. The maximum absolute atomic E-state index is 13.2. The third-order valence-electron chi connectivity index (χ3n) is 8.12. The van der Waals surface area contributed by atoms with Crippen molar-refractivity contribution in [1.82, 2.24) is 10.6 Å². The van der Waals surface area contributed by atoms with Crippen LogP contribution in [0.1, 0.15) is 60.0 Å². The molecule has 0 aliphatic heterocycles. The van der Waals surface area contributed by atoms with Crippen LogP contribution in [-0.4, -0.2) is 26.0 Å². The number of methoxy groups -OCH3 is 2. The van der Waals surface area contributed by atoms with Crippen molar-refractivity contribution in [2.45, 2.75) is 51.6 Å². The summed E-state index contributed by atoms with van der Waals surface area (Å²) in [6.45, 7) is 0.862. The summed E-state index contributed by atoms with van der Waals surface area (Å²) >= 11 is 0. The number of hydrogen-bond donors (Lipinski definition) is 2.